The third kappa shape index (κ3) is 5.70. The van der Waals surface area contributed by atoms with Crippen molar-refractivity contribution in [3.63, 3.8) is 0 Å². The first-order valence-electron chi connectivity index (χ1n) is 4.07. The maximum Gasteiger partial charge on any atom is 0.344 e. The van der Waals surface area contributed by atoms with Crippen molar-refractivity contribution in [2.24, 2.45) is 11.1 Å². The lowest BCUT2D eigenvalue weighted by Gasteiger charge is -2.02. The van der Waals surface area contributed by atoms with E-state index < -0.39 is 5.97 Å². The molecular formula is C8H15NO3. The number of carbonyl (C=O) groups is 1. The van der Waals surface area contributed by atoms with E-state index in [1.54, 1.807) is 6.21 Å². The minimum absolute atomic E-state index is 0.364. The highest BCUT2D eigenvalue weighted by atomic mass is 16.6. The molecule has 1 N–H and O–H groups in total. The Morgan fingerprint density at radius 2 is 2.17 bits per heavy atom. The number of hydrogen-bond donors (Lipinski definition) is 1. The van der Waals surface area contributed by atoms with Crippen molar-refractivity contribution in [3.05, 3.63) is 0 Å². The lowest BCUT2D eigenvalue weighted by Crippen LogP contribution is -2.05. The topological polar surface area (TPSA) is 58.9 Å². The zero-order valence-corrected chi connectivity index (χ0v) is 7.49. The maximum absolute atomic E-state index is 9.98. The lowest BCUT2D eigenvalue weighted by atomic mass is 10.1. The van der Waals surface area contributed by atoms with Crippen LogP contribution in [0.3, 0.4) is 0 Å². The van der Waals surface area contributed by atoms with Gasteiger partial charge in [0.05, 0.1) is 0 Å². The van der Waals surface area contributed by atoms with E-state index >= 15 is 0 Å². The number of carboxylic acids is 1. The Morgan fingerprint density at radius 3 is 2.58 bits per heavy atom. The van der Waals surface area contributed by atoms with E-state index in [1.165, 1.54) is 0 Å². The molecule has 4 heteroatoms. The first-order chi connectivity index (χ1) is 5.70. The second-order valence-electron chi connectivity index (χ2n) is 2.50. The van der Waals surface area contributed by atoms with Crippen LogP contribution in [0.25, 0.3) is 0 Å². The van der Waals surface area contributed by atoms with Crippen LogP contribution >= 0.6 is 0 Å². The van der Waals surface area contributed by atoms with Gasteiger partial charge in [-0.1, -0.05) is 19.0 Å². The standard InChI is InChI=1S/C8H15NO3/c1-3-7(4-2)5-9-12-6-8(10)11/h5,7H,3-4,6H2,1-2H3,(H,10,11). The molecule has 0 rings (SSSR count). The molecule has 0 aliphatic heterocycles. The predicted octanol–water partition coefficient (Wildman–Crippen LogP) is 1.51. The van der Waals surface area contributed by atoms with E-state index in [0.29, 0.717) is 5.92 Å². The van der Waals surface area contributed by atoms with Crippen molar-refractivity contribution in [2.75, 3.05) is 6.61 Å². The van der Waals surface area contributed by atoms with Gasteiger partial charge in [0.15, 0.2) is 0 Å². The van der Waals surface area contributed by atoms with Gasteiger partial charge >= 0.3 is 5.97 Å². The molecule has 0 aromatic carbocycles. The molecule has 0 atom stereocenters. The van der Waals surface area contributed by atoms with Crippen LogP contribution in [0.15, 0.2) is 5.16 Å². The van der Waals surface area contributed by atoms with Crippen molar-refractivity contribution in [1.82, 2.24) is 0 Å². The van der Waals surface area contributed by atoms with Crippen LogP contribution in [0.1, 0.15) is 26.7 Å². The zero-order chi connectivity index (χ0) is 9.40. The molecule has 0 aromatic rings. The summed E-state index contributed by atoms with van der Waals surface area (Å²) in [6.45, 7) is 3.74. The van der Waals surface area contributed by atoms with Crippen molar-refractivity contribution in [1.29, 1.82) is 0 Å². The van der Waals surface area contributed by atoms with Crippen LogP contribution in [0.2, 0.25) is 0 Å². The van der Waals surface area contributed by atoms with Gasteiger partial charge in [-0.2, -0.15) is 0 Å². The maximum atomic E-state index is 9.98. The fourth-order valence-corrected chi connectivity index (χ4v) is 0.721. The van der Waals surface area contributed by atoms with Crippen molar-refractivity contribution in [3.8, 4) is 0 Å². The number of hydrogen-bond acceptors (Lipinski definition) is 3. The van der Waals surface area contributed by atoms with Crippen LogP contribution in [0.5, 0.6) is 0 Å². The first-order valence-corrected chi connectivity index (χ1v) is 4.07. The highest BCUT2D eigenvalue weighted by Crippen LogP contribution is 2.03. The van der Waals surface area contributed by atoms with Gasteiger partial charge in [0.2, 0.25) is 6.61 Å². The Labute approximate surface area is 72.2 Å². The summed E-state index contributed by atoms with van der Waals surface area (Å²) < 4.78 is 0. The molecule has 0 amide bonds. The van der Waals surface area contributed by atoms with Gasteiger partial charge in [-0.15, -0.1) is 0 Å². The summed E-state index contributed by atoms with van der Waals surface area (Å²) in [5.74, 6) is -0.615. The van der Waals surface area contributed by atoms with E-state index in [1.807, 2.05) is 0 Å². The zero-order valence-electron chi connectivity index (χ0n) is 7.49. The van der Waals surface area contributed by atoms with Crippen molar-refractivity contribution in [2.45, 2.75) is 26.7 Å². The Kier molecular flexibility index (Phi) is 6.05. The number of rotatable bonds is 6. The lowest BCUT2D eigenvalue weighted by molar-refractivity contribution is -0.142. The molecule has 0 spiro atoms. The molecular weight excluding hydrogens is 158 g/mol. The molecule has 0 heterocycles. The number of oxime groups is 1. The molecule has 0 saturated heterocycles. The van der Waals surface area contributed by atoms with Crippen LogP contribution in [-0.4, -0.2) is 23.9 Å². The number of nitrogens with zero attached hydrogens (tertiary/aromatic N) is 1. The predicted molar refractivity (Wildman–Crippen MR) is 46.2 cm³/mol. The van der Waals surface area contributed by atoms with E-state index in [0.717, 1.165) is 12.8 Å². The third-order valence-corrected chi connectivity index (χ3v) is 1.58. The minimum Gasteiger partial charge on any atom is -0.479 e. The summed E-state index contributed by atoms with van der Waals surface area (Å²) in [6.07, 6.45) is 3.65. The van der Waals surface area contributed by atoms with Gasteiger partial charge in [-0.05, 0) is 18.8 Å². The molecule has 0 radical (unpaired) electrons. The second kappa shape index (κ2) is 6.64. The summed E-state index contributed by atoms with van der Waals surface area (Å²) in [6, 6.07) is 0. The monoisotopic (exact) mass is 173 g/mol. The Bertz CT molecular complexity index is 152. The van der Waals surface area contributed by atoms with Gasteiger partial charge in [0.1, 0.15) is 0 Å². The average Bonchev–Trinajstić information content (AvgIpc) is 2.04. The highest BCUT2D eigenvalue weighted by molar-refractivity contribution is 5.68. The van der Waals surface area contributed by atoms with Gasteiger partial charge in [0.25, 0.3) is 0 Å². The smallest absolute Gasteiger partial charge is 0.344 e. The molecule has 4 nitrogen and oxygen atoms in total. The van der Waals surface area contributed by atoms with Crippen LogP contribution in [0, 0.1) is 5.92 Å². The van der Waals surface area contributed by atoms with Crippen LogP contribution in [-0.2, 0) is 9.63 Å². The Morgan fingerprint density at radius 1 is 1.58 bits per heavy atom. The SMILES string of the molecule is CCC(C=NOCC(=O)O)CC. The molecule has 0 aromatic heterocycles. The molecule has 0 saturated carbocycles. The third-order valence-electron chi connectivity index (χ3n) is 1.58. The number of aliphatic carboxylic acids is 1. The summed E-state index contributed by atoms with van der Waals surface area (Å²) in [5.41, 5.74) is 0. The summed E-state index contributed by atoms with van der Waals surface area (Å²) in [4.78, 5) is 14.5. The van der Waals surface area contributed by atoms with E-state index in [4.69, 9.17) is 5.11 Å². The molecule has 12 heavy (non-hydrogen) atoms. The van der Waals surface area contributed by atoms with E-state index in [9.17, 15) is 4.79 Å². The summed E-state index contributed by atoms with van der Waals surface area (Å²) in [5, 5.41) is 11.7. The Balaban J connectivity index is 3.52. The first kappa shape index (κ1) is 10.9. The van der Waals surface area contributed by atoms with Crippen molar-refractivity contribution < 1.29 is 14.7 Å². The molecule has 0 fully saturated rings. The summed E-state index contributed by atoms with van der Waals surface area (Å²) in [7, 11) is 0. The average molecular weight is 173 g/mol. The molecule has 70 valence electrons. The van der Waals surface area contributed by atoms with E-state index in [-0.39, 0.29) is 6.61 Å². The van der Waals surface area contributed by atoms with Crippen LogP contribution < -0.4 is 0 Å². The van der Waals surface area contributed by atoms with Crippen molar-refractivity contribution >= 4 is 12.2 Å². The fraction of sp³-hybridized carbons (Fsp3) is 0.750. The minimum atomic E-state index is -1.00. The highest BCUT2D eigenvalue weighted by Gasteiger charge is 1.98. The molecule has 0 aliphatic carbocycles. The molecule has 0 bridgehead atoms. The Hall–Kier alpha value is -1.06. The molecule has 0 unspecified atom stereocenters. The van der Waals surface area contributed by atoms with Crippen LogP contribution in [0.4, 0.5) is 0 Å². The number of carboxylic acid groups (broad SMARTS) is 1. The van der Waals surface area contributed by atoms with Gasteiger partial charge in [-0.3, -0.25) is 0 Å². The summed E-state index contributed by atoms with van der Waals surface area (Å²) >= 11 is 0. The van der Waals surface area contributed by atoms with E-state index in [2.05, 4.69) is 23.8 Å². The molecule has 0 aliphatic rings. The fourth-order valence-electron chi connectivity index (χ4n) is 0.721. The van der Waals surface area contributed by atoms with Gasteiger partial charge in [-0.25, -0.2) is 4.79 Å². The van der Waals surface area contributed by atoms with Gasteiger partial charge in [0, 0.05) is 6.21 Å². The largest absolute Gasteiger partial charge is 0.479 e. The van der Waals surface area contributed by atoms with Gasteiger partial charge < -0.3 is 9.94 Å². The second-order valence-corrected chi connectivity index (χ2v) is 2.50. The normalized spacial score (nSPS) is 10.9. The quantitative estimate of drug-likeness (QED) is 0.489.